The van der Waals surface area contributed by atoms with Crippen LogP contribution in [0.1, 0.15) is 101 Å². The summed E-state index contributed by atoms with van der Waals surface area (Å²) < 4.78 is 45.4. The maximum atomic E-state index is 13.2. The van der Waals surface area contributed by atoms with Crippen LogP contribution in [0.15, 0.2) is 40.6 Å². The number of ether oxygens (including phenoxy) is 1. The molecule has 6 nitrogen and oxygen atoms in total. The van der Waals surface area contributed by atoms with E-state index in [1.54, 1.807) is 0 Å². The van der Waals surface area contributed by atoms with Crippen LogP contribution < -0.4 is 4.74 Å². The lowest BCUT2D eigenvalue weighted by molar-refractivity contribution is -0.166. The number of aliphatic hydroxyl groups is 1. The van der Waals surface area contributed by atoms with Crippen molar-refractivity contribution in [1.82, 2.24) is 0 Å². The second kappa shape index (κ2) is 15.6. The quantitative estimate of drug-likeness (QED) is 0.137. The molecule has 0 unspecified atom stereocenters. The van der Waals surface area contributed by atoms with Gasteiger partial charge in [-0.2, -0.15) is 13.2 Å². The molecule has 1 aromatic carbocycles. The normalized spacial score (nSPS) is 14.4. The number of aliphatic hydroxyl groups excluding tert-OH is 1. The molecule has 2 N–H and O–H groups in total. The fourth-order valence-electron chi connectivity index (χ4n) is 4.04. The summed E-state index contributed by atoms with van der Waals surface area (Å²) in [6, 6.07) is 4.00. The zero-order valence-corrected chi connectivity index (χ0v) is 20.9. The van der Waals surface area contributed by atoms with Gasteiger partial charge in [-0.05, 0) is 44.6 Å². The van der Waals surface area contributed by atoms with Crippen LogP contribution in [-0.4, -0.2) is 29.0 Å². The summed E-state index contributed by atoms with van der Waals surface area (Å²) in [6.07, 6.45) is 13.8. The molecule has 0 saturated heterocycles. The Morgan fingerprint density at radius 2 is 1.44 bits per heavy atom. The Bertz CT molecular complexity index is 850. The lowest BCUT2D eigenvalue weighted by Crippen LogP contribution is -2.30. The largest absolute Gasteiger partial charge is 0.493 e. The van der Waals surface area contributed by atoms with Gasteiger partial charge < -0.3 is 14.9 Å². The predicted octanol–water partition coefficient (Wildman–Crippen LogP) is 7.84. The maximum Gasteiger partial charge on any atom is 0.442 e. The van der Waals surface area contributed by atoms with Crippen molar-refractivity contribution in [1.29, 1.82) is 0 Å². The highest BCUT2D eigenvalue weighted by Gasteiger charge is 2.65. The second-order valence-electron chi connectivity index (χ2n) is 9.28. The van der Waals surface area contributed by atoms with Crippen LogP contribution in [0.5, 0.6) is 5.75 Å². The number of allylic oxidation sites excluding steroid dienone is 2. The highest BCUT2D eigenvalue weighted by Crippen LogP contribution is 2.53. The molecule has 9 heteroatoms. The van der Waals surface area contributed by atoms with E-state index < -0.39 is 17.8 Å². The first kappa shape index (κ1) is 29.8. The molecule has 36 heavy (non-hydrogen) atoms. The molecule has 1 heterocycles. The van der Waals surface area contributed by atoms with Crippen LogP contribution in [0.25, 0.3) is 0 Å². The van der Waals surface area contributed by atoms with E-state index in [0.29, 0.717) is 12.2 Å². The number of halogens is 3. The SMILES string of the molecule is O=C(O)CCCCCCC/C=C\CCCCCCCCOc1cc(C2(C(F)(F)F)N=N2)ccc1CO. The smallest absolute Gasteiger partial charge is 0.442 e. The van der Waals surface area contributed by atoms with Gasteiger partial charge in [0.25, 0.3) is 0 Å². The third kappa shape index (κ3) is 10.3. The Balaban J connectivity index is 1.48. The van der Waals surface area contributed by atoms with Gasteiger partial charge in [-0.1, -0.05) is 69.2 Å². The van der Waals surface area contributed by atoms with Crippen molar-refractivity contribution in [3.63, 3.8) is 0 Å². The van der Waals surface area contributed by atoms with E-state index in [2.05, 4.69) is 22.4 Å². The van der Waals surface area contributed by atoms with Crippen LogP contribution >= 0.6 is 0 Å². The van der Waals surface area contributed by atoms with Crippen molar-refractivity contribution in [2.24, 2.45) is 10.2 Å². The summed E-state index contributed by atoms with van der Waals surface area (Å²) in [6.45, 7) is 0.0675. The Hall–Kier alpha value is -2.42. The average molecular weight is 513 g/mol. The summed E-state index contributed by atoms with van der Waals surface area (Å²) in [4.78, 5) is 10.4. The zero-order chi connectivity index (χ0) is 26.3. The molecule has 0 bridgehead atoms. The van der Waals surface area contributed by atoms with E-state index in [0.717, 1.165) is 83.5 Å². The number of aliphatic carboxylic acids is 1. The number of hydrogen-bond acceptors (Lipinski definition) is 5. The standard InChI is InChI=1S/C27H39F3N2O4/c28-27(29,30)26(31-32-26)23-18-17-22(21-33)24(20-23)36-19-15-13-11-9-7-5-3-1-2-4-6-8-10-12-14-16-25(34)35/h1-2,17-18,20,33H,3-16,19,21H2,(H,34,35)/b2-1-. The molecule has 0 amide bonds. The summed E-state index contributed by atoms with van der Waals surface area (Å²) in [7, 11) is 0. The fourth-order valence-corrected chi connectivity index (χ4v) is 4.04. The molecule has 202 valence electrons. The predicted molar refractivity (Wildman–Crippen MR) is 132 cm³/mol. The van der Waals surface area contributed by atoms with Gasteiger partial charge in [0.1, 0.15) is 5.75 Å². The Kier molecular flexibility index (Phi) is 12.9. The summed E-state index contributed by atoms with van der Waals surface area (Å²) in [5.41, 5.74) is -2.14. The summed E-state index contributed by atoms with van der Waals surface area (Å²) in [5.74, 6) is -0.460. The minimum atomic E-state index is -4.59. The molecular formula is C27H39F3N2O4. The Morgan fingerprint density at radius 3 is 1.97 bits per heavy atom. The van der Waals surface area contributed by atoms with Crippen LogP contribution in [0.3, 0.4) is 0 Å². The van der Waals surface area contributed by atoms with Gasteiger partial charge in [-0.15, -0.1) is 10.2 Å². The van der Waals surface area contributed by atoms with Crippen LogP contribution in [0.4, 0.5) is 13.2 Å². The molecule has 1 aromatic rings. The molecule has 0 saturated carbocycles. The van der Waals surface area contributed by atoms with Gasteiger partial charge in [-0.3, -0.25) is 4.79 Å². The minimum absolute atomic E-state index is 0.0933. The zero-order valence-electron chi connectivity index (χ0n) is 20.9. The third-order valence-electron chi connectivity index (χ3n) is 6.29. The number of carboxylic acid groups (broad SMARTS) is 1. The first-order valence-electron chi connectivity index (χ1n) is 13.0. The van der Waals surface area contributed by atoms with Gasteiger partial charge in [0.05, 0.1) is 13.2 Å². The van der Waals surface area contributed by atoms with Crippen LogP contribution in [0.2, 0.25) is 0 Å². The van der Waals surface area contributed by atoms with Gasteiger partial charge in [-0.25, -0.2) is 0 Å². The van der Waals surface area contributed by atoms with Crippen molar-refractivity contribution < 1.29 is 32.9 Å². The van der Waals surface area contributed by atoms with Crippen molar-refractivity contribution in [2.75, 3.05) is 6.61 Å². The first-order valence-corrected chi connectivity index (χ1v) is 13.0. The van der Waals surface area contributed by atoms with Crippen molar-refractivity contribution >= 4 is 5.97 Å². The fraction of sp³-hybridized carbons (Fsp3) is 0.667. The molecule has 0 aliphatic carbocycles. The lowest BCUT2D eigenvalue weighted by Gasteiger charge is -2.17. The minimum Gasteiger partial charge on any atom is -0.493 e. The highest BCUT2D eigenvalue weighted by atomic mass is 19.4. The van der Waals surface area contributed by atoms with Crippen LogP contribution in [0, 0.1) is 0 Å². The Labute approximate surface area is 211 Å². The van der Waals surface area contributed by atoms with Crippen LogP contribution in [-0.2, 0) is 17.1 Å². The molecule has 0 spiro atoms. The monoisotopic (exact) mass is 512 g/mol. The van der Waals surface area contributed by atoms with Crippen molar-refractivity contribution in [2.45, 2.75) is 108 Å². The van der Waals surface area contributed by atoms with E-state index in [1.165, 1.54) is 18.2 Å². The number of carboxylic acids is 1. The number of benzene rings is 1. The number of carbonyl (C=O) groups is 1. The van der Waals surface area contributed by atoms with E-state index in [9.17, 15) is 23.1 Å². The number of alkyl halides is 3. The van der Waals surface area contributed by atoms with Gasteiger partial charge in [0.2, 0.25) is 0 Å². The number of nitrogens with zero attached hydrogens (tertiary/aromatic N) is 2. The molecule has 0 radical (unpaired) electrons. The lowest BCUT2D eigenvalue weighted by atomic mass is 10.0. The number of hydrogen-bond donors (Lipinski definition) is 2. The van der Waals surface area contributed by atoms with E-state index in [1.807, 2.05) is 0 Å². The van der Waals surface area contributed by atoms with Gasteiger partial charge in [0, 0.05) is 17.5 Å². The molecule has 2 rings (SSSR count). The molecule has 0 atom stereocenters. The first-order chi connectivity index (χ1) is 17.3. The van der Waals surface area contributed by atoms with E-state index in [-0.39, 0.29) is 24.3 Å². The second-order valence-corrected chi connectivity index (χ2v) is 9.28. The summed E-state index contributed by atoms with van der Waals surface area (Å²) >= 11 is 0. The maximum absolute atomic E-state index is 13.2. The average Bonchev–Trinajstić information content (AvgIpc) is 3.65. The molecule has 1 aliphatic heterocycles. The molecule has 0 aromatic heterocycles. The van der Waals surface area contributed by atoms with Gasteiger partial charge in [0.15, 0.2) is 0 Å². The third-order valence-corrected chi connectivity index (χ3v) is 6.29. The Morgan fingerprint density at radius 1 is 0.889 bits per heavy atom. The number of rotatable bonds is 20. The number of unbranched alkanes of at least 4 members (excludes halogenated alkanes) is 11. The highest BCUT2D eigenvalue weighted by molar-refractivity contribution is 5.66. The van der Waals surface area contributed by atoms with Gasteiger partial charge >= 0.3 is 17.8 Å². The molecule has 1 aliphatic rings. The summed E-state index contributed by atoms with van der Waals surface area (Å²) in [5, 5.41) is 24.5. The van der Waals surface area contributed by atoms with E-state index in [4.69, 9.17) is 9.84 Å². The topological polar surface area (TPSA) is 91.5 Å². The molecular weight excluding hydrogens is 473 g/mol. The van der Waals surface area contributed by atoms with Crippen molar-refractivity contribution in [3.8, 4) is 5.75 Å². The van der Waals surface area contributed by atoms with Crippen molar-refractivity contribution in [3.05, 3.63) is 41.5 Å². The molecule has 0 fully saturated rings. The van der Waals surface area contributed by atoms with E-state index >= 15 is 0 Å².